The summed E-state index contributed by atoms with van der Waals surface area (Å²) in [6, 6.07) is 4.87. The molecule has 1 atom stereocenters. The molecular formula is C13H10BrF3N2O. The summed E-state index contributed by atoms with van der Waals surface area (Å²) in [4.78, 5) is 13.2. The van der Waals surface area contributed by atoms with Gasteiger partial charge in [-0.25, -0.2) is 0 Å². The molecule has 1 aliphatic rings. The van der Waals surface area contributed by atoms with Crippen molar-refractivity contribution >= 4 is 27.5 Å². The van der Waals surface area contributed by atoms with Gasteiger partial charge in [-0.05, 0) is 24.1 Å². The van der Waals surface area contributed by atoms with Crippen LogP contribution in [0.3, 0.4) is 0 Å². The van der Waals surface area contributed by atoms with Gasteiger partial charge < -0.3 is 4.90 Å². The molecule has 0 radical (unpaired) electrons. The number of amides is 1. The largest absolute Gasteiger partial charge is 0.417 e. The second kappa shape index (κ2) is 5.44. The van der Waals surface area contributed by atoms with Crippen LogP contribution in [0, 0.1) is 17.2 Å². The summed E-state index contributed by atoms with van der Waals surface area (Å²) < 4.78 is 38.6. The van der Waals surface area contributed by atoms with Crippen LogP contribution >= 0.6 is 15.9 Å². The van der Waals surface area contributed by atoms with Gasteiger partial charge in [-0.3, -0.25) is 4.79 Å². The lowest BCUT2D eigenvalue weighted by Crippen LogP contribution is -2.25. The molecule has 1 heterocycles. The van der Waals surface area contributed by atoms with Gasteiger partial charge in [0.15, 0.2) is 0 Å². The zero-order chi connectivity index (χ0) is 14.9. The van der Waals surface area contributed by atoms with Crippen LogP contribution in [0.1, 0.15) is 17.5 Å². The van der Waals surface area contributed by atoms with Gasteiger partial charge in [0.05, 0.1) is 17.2 Å². The normalized spacial score (nSPS) is 19.2. The highest BCUT2D eigenvalue weighted by Gasteiger charge is 2.36. The highest BCUT2D eigenvalue weighted by atomic mass is 79.9. The third kappa shape index (κ3) is 2.80. The lowest BCUT2D eigenvalue weighted by Gasteiger charge is -2.19. The fourth-order valence-electron chi connectivity index (χ4n) is 2.17. The van der Waals surface area contributed by atoms with E-state index in [1.54, 1.807) is 0 Å². The average Bonchev–Trinajstić information content (AvgIpc) is 2.78. The summed E-state index contributed by atoms with van der Waals surface area (Å²) >= 11 is 3.27. The van der Waals surface area contributed by atoms with Crippen LogP contribution < -0.4 is 4.90 Å². The van der Waals surface area contributed by atoms with E-state index < -0.39 is 17.3 Å². The van der Waals surface area contributed by atoms with Crippen molar-refractivity contribution in [3.8, 4) is 6.07 Å². The molecule has 1 fully saturated rings. The van der Waals surface area contributed by atoms with Gasteiger partial charge in [-0.2, -0.15) is 18.4 Å². The summed E-state index contributed by atoms with van der Waals surface area (Å²) in [7, 11) is 0. The third-order valence-corrected chi connectivity index (χ3v) is 4.08. The highest BCUT2D eigenvalue weighted by Crippen LogP contribution is 2.35. The number of hydrogen-bond acceptors (Lipinski definition) is 2. The molecule has 1 aliphatic heterocycles. The quantitative estimate of drug-likeness (QED) is 0.771. The lowest BCUT2D eigenvalue weighted by atomic mass is 10.1. The van der Waals surface area contributed by atoms with Gasteiger partial charge in [-0.15, -0.1) is 0 Å². The fraction of sp³-hybridized carbons (Fsp3) is 0.385. The first kappa shape index (κ1) is 14.9. The maximum absolute atomic E-state index is 12.9. The first-order valence-corrected chi connectivity index (χ1v) is 6.96. The van der Waals surface area contributed by atoms with Crippen LogP contribution in [0.4, 0.5) is 18.9 Å². The summed E-state index contributed by atoms with van der Waals surface area (Å²) in [5.41, 5.74) is -1.26. The molecule has 106 valence electrons. The molecular weight excluding hydrogens is 337 g/mol. The molecule has 1 aromatic carbocycles. The van der Waals surface area contributed by atoms with E-state index in [0.29, 0.717) is 18.3 Å². The van der Waals surface area contributed by atoms with Crippen molar-refractivity contribution in [1.29, 1.82) is 5.26 Å². The van der Waals surface area contributed by atoms with Gasteiger partial charge in [-0.1, -0.05) is 15.9 Å². The molecule has 1 unspecified atom stereocenters. The Morgan fingerprint density at radius 1 is 1.45 bits per heavy atom. The number of carbonyl (C=O) groups is 1. The van der Waals surface area contributed by atoms with Crippen molar-refractivity contribution < 1.29 is 18.0 Å². The molecule has 0 saturated carbocycles. The minimum absolute atomic E-state index is 0.0903. The van der Waals surface area contributed by atoms with Crippen molar-refractivity contribution in [2.75, 3.05) is 16.8 Å². The van der Waals surface area contributed by atoms with E-state index in [-0.39, 0.29) is 17.5 Å². The van der Waals surface area contributed by atoms with Gasteiger partial charge in [0, 0.05) is 24.0 Å². The molecule has 0 bridgehead atoms. The van der Waals surface area contributed by atoms with Gasteiger partial charge >= 0.3 is 6.18 Å². The Labute approximate surface area is 122 Å². The highest BCUT2D eigenvalue weighted by molar-refractivity contribution is 9.09. The Morgan fingerprint density at radius 3 is 2.65 bits per heavy atom. The summed E-state index contributed by atoms with van der Waals surface area (Å²) in [5.74, 6) is -0.111. The molecule has 1 aromatic rings. The Balaban J connectivity index is 2.40. The van der Waals surface area contributed by atoms with Crippen LogP contribution in [0.5, 0.6) is 0 Å². The topological polar surface area (TPSA) is 44.1 Å². The van der Waals surface area contributed by atoms with Crippen molar-refractivity contribution in [1.82, 2.24) is 0 Å². The van der Waals surface area contributed by atoms with Crippen molar-refractivity contribution in [2.45, 2.75) is 12.6 Å². The first-order chi connectivity index (χ1) is 9.36. The molecule has 1 amide bonds. The minimum Gasteiger partial charge on any atom is -0.312 e. The number of hydrogen-bond donors (Lipinski definition) is 0. The van der Waals surface area contributed by atoms with Gasteiger partial charge in [0.2, 0.25) is 5.91 Å². The molecule has 3 nitrogen and oxygen atoms in total. The van der Waals surface area contributed by atoms with E-state index in [0.717, 1.165) is 12.1 Å². The van der Waals surface area contributed by atoms with Crippen LogP contribution in [0.2, 0.25) is 0 Å². The summed E-state index contributed by atoms with van der Waals surface area (Å²) in [5, 5.41) is 9.36. The van der Waals surface area contributed by atoms with E-state index in [9.17, 15) is 18.0 Å². The zero-order valence-electron chi connectivity index (χ0n) is 10.2. The van der Waals surface area contributed by atoms with Gasteiger partial charge in [0.25, 0.3) is 0 Å². The van der Waals surface area contributed by atoms with Crippen molar-refractivity contribution in [3.63, 3.8) is 0 Å². The molecule has 2 rings (SSSR count). The monoisotopic (exact) mass is 346 g/mol. The van der Waals surface area contributed by atoms with E-state index in [1.165, 1.54) is 17.0 Å². The number of nitrogens with zero attached hydrogens (tertiary/aromatic N) is 2. The van der Waals surface area contributed by atoms with E-state index >= 15 is 0 Å². The Kier molecular flexibility index (Phi) is 4.04. The van der Waals surface area contributed by atoms with Crippen LogP contribution in [-0.2, 0) is 11.0 Å². The summed E-state index contributed by atoms with van der Waals surface area (Å²) in [6.07, 6.45) is -4.30. The van der Waals surface area contributed by atoms with E-state index in [4.69, 9.17) is 5.26 Å². The van der Waals surface area contributed by atoms with E-state index in [1.807, 2.05) is 0 Å². The Bertz CT molecular complexity index is 580. The van der Waals surface area contributed by atoms with E-state index in [2.05, 4.69) is 15.9 Å². The second-order valence-corrected chi connectivity index (χ2v) is 5.22. The van der Waals surface area contributed by atoms with Crippen LogP contribution in [-0.4, -0.2) is 17.8 Å². The molecule has 0 spiro atoms. The van der Waals surface area contributed by atoms with Crippen LogP contribution in [0.15, 0.2) is 18.2 Å². The number of halogens is 4. The first-order valence-electron chi connectivity index (χ1n) is 5.84. The Morgan fingerprint density at radius 2 is 2.15 bits per heavy atom. The average molecular weight is 347 g/mol. The number of alkyl halides is 4. The molecule has 1 saturated heterocycles. The minimum atomic E-state index is -4.61. The van der Waals surface area contributed by atoms with Crippen LogP contribution in [0.25, 0.3) is 0 Å². The number of anilines is 1. The number of carbonyl (C=O) groups excluding carboxylic acids is 1. The maximum atomic E-state index is 12.9. The number of rotatable bonds is 2. The van der Waals surface area contributed by atoms with Crippen molar-refractivity contribution in [3.05, 3.63) is 29.3 Å². The third-order valence-electron chi connectivity index (χ3n) is 3.16. The predicted octanol–water partition coefficient (Wildman–Crippen LogP) is 3.32. The Hall–Kier alpha value is -1.55. The standard InChI is InChI=1S/C13H10BrF3N2O/c14-5-8-3-12(20)19(7-8)10-2-1-9(6-18)11(4-10)13(15,16)17/h1-2,4,8H,3,5,7H2. The van der Waals surface area contributed by atoms with Crippen molar-refractivity contribution in [2.24, 2.45) is 5.92 Å². The SMILES string of the molecule is N#Cc1ccc(N2CC(CBr)CC2=O)cc1C(F)(F)F. The molecule has 0 aliphatic carbocycles. The molecule has 0 aromatic heterocycles. The molecule has 20 heavy (non-hydrogen) atoms. The molecule has 0 N–H and O–H groups in total. The number of nitriles is 1. The van der Waals surface area contributed by atoms with Gasteiger partial charge in [0.1, 0.15) is 0 Å². The summed E-state index contributed by atoms with van der Waals surface area (Å²) in [6.45, 7) is 0.382. The maximum Gasteiger partial charge on any atom is 0.417 e. The second-order valence-electron chi connectivity index (χ2n) is 4.57. The predicted molar refractivity (Wildman–Crippen MR) is 70.4 cm³/mol. The lowest BCUT2D eigenvalue weighted by molar-refractivity contribution is -0.137. The fourth-order valence-corrected chi connectivity index (χ4v) is 2.60. The smallest absolute Gasteiger partial charge is 0.312 e. The molecule has 7 heteroatoms. The zero-order valence-corrected chi connectivity index (χ0v) is 11.8. The number of benzene rings is 1.